The van der Waals surface area contributed by atoms with E-state index in [1.165, 1.54) is 9.36 Å². The Kier molecular flexibility index (Phi) is 4.89. The molecule has 140 valence electrons. The molecule has 0 aliphatic carbocycles. The SMILES string of the molecule is O=c1c2ccc(Cl)cc2nnn1C/C=C/Cn1nnc2cc(Cl)ccc2c1=O. The molecule has 0 aliphatic heterocycles. The molecule has 8 nitrogen and oxygen atoms in total. The summed E-state index contributed by atoms with van der Waals surface area (Å²) in [4.78, 5) is 24.9. The first-order valence-electron chi connectivity index (χ1n) is 8.24. The normalized spacial score (nSPS) is 11.6. The zero-order valence-electron chi connectivity index (χ0n) is 14.3. The Labute approximate surface area is 167 Å². The molecule has 0 N–H and O–H groups in total. The van der Waals surface area contributed by atoms with Gasteiger partial charge in [0.25, 0.3) is 11.1 Å². The van der Waals surface area contributed by atoms with Gasteiger partial charge < -0.3 is 0 Å². The number of rotatable bonds is 4. The molecular formula is C18H12Cl2N6O2. The molecule has 2 aromatic heterocycles. The monoisotopic (exact) mass is 414 g/mol. The molecule has 4 rings (SSSR count). The van der Waals surface area contributed by atoms with Gasteiger partial charge in [-0.1, -0.05) is 45.8 Å². The smallest absolute Gasteiger partial charge is 0.267 e. The predicted octanol–water partition coefficient (Wildman–Crippen LogP) is 2.46. The minimum absolute atomic E-state index is 0.204. The van der Waals surface area contributed by atoms with Gasteiger partial charge >= 0.3 is 0 Å². The van der Waals surface area contributed by atoms with Crippen LogP contribution in [0.5, 0.6) is 0 Å². The number of fused-ring (bicyclic) bond motifs is 2. The average molecular weight is 415 g/mol. The lowest BCUT2D eigenvalue weighted by atomic mass is 10.2. The van der Waals surface area contributed by atoms with Crippen molar-refractivity contribution < 1.29 is 0 Å². The van der Waals surface area contributed by atoms with E-state index >= 15 is 0 Å². The van der Waals surface area contributed by atoms with Gasteiger partial charge in [-0.2, -0.15) is 0 Å². The van der Waals surface area contributed by atoms with E-state index in [1.807, 2.05) is 0 Å². The van der Waals surface area contributed by atoms with Crippen LogP contribution in [0.15, 0.2) is 58.1 Å². The molecule has 0 bridgehead atoms. The van der Waals surface area contributed by atoms with Crippen molar-refractivity contribution in [2.75, 3.05) is 0 Å². The highest BCUT2D eigenvalue weighted by molar-refractivity contribution is 6.31. The van der Waals surface area contributed by atoms with E-state index in [9.17, 15) is 9.59 Å². The number of halogens is 2. The van der Waals surface area contributed by atoms with Crippen molar-refractivity contribution in [2.24, 2.45) is 0 Å². The third-order valence-electron chi connectivity index (χ3n) is 4.09. The zero-order valence-corrected chi connectivity index (χ0v) is 15.8. The summed E-state index contributed by atoms with van der Waals surface area (Å²) in [5.74, 6) is 0. The summed E-state index contributed by atoms with van der Waals surface area (Å²) in [7, 11) is 0. The highest BCUT2D eigenvalue weighted by Crippen LogP contribution is 2.14. The van der Waals surface area contributed by atoms with Gasteiger partial charge in [0.05, 0.1) is 23.9 Å². The Hall–Kier alpha value is -3.10. The van der Waals surface area contributed by atoms with Gasteiger partial charge in [-0.05, 0) is 36.4 Å². The lowest BCUT2D eigenvalue weighted by Gasteiger charge is -2.03. The summed E-state index contributed by atoms with van der Waals surface area (Å²) >= 11 is 11.8. The van der Waals surface area contributed by atoms with E-state index in [4.69, 9.17) is 23.2 Å². The minimum Gasteiger partial charge on any atom is -0.267 e. The van der Waals surface area contributed by atoms with Crippen LogP contribution in [0, 0.1) is 0 Å². The highest BCUT2D eigenvalue weighted by atomic mass is 35.5. The van der Waals surface area contributed by atoms with E-state index < -0.39 is 0 Å². The quantitative estimate of drug-likeness (QED) is 0.475. The Morgan fingerprint density at radius 1 is 0.750 bits per heavy atom. The Morgan fingerprint density at radius 2 is 1.18 bits per heavy atom. The van der Waals surface area contributed by atoms with Crippen molar-refractivity contribution in [3.8, 4) is 0 Å². The third kappa shape index (κ3) is 3.51. The molecule has 28 heavy (non-hydrogen) atoms. The van der Waals surface area contributed by atoms with Crippen LogP contribution < -0.4 is 11.1 Å². The molecular weight excluding hydrogens is 403 g/mol. The van der Waals surface area contributed by atoms with Gasteiger partial charge in [0.2, 0.25) is 0 Å². The summed E-state index contributed by atoms with van der Waals surface area (Å²) < 4.78 is 2.45. The van der Waals surface area contributed by atoms with Crippen LogP contribution in [-0.2, 0) is 13.1 Å². The summed E-state index contributed by atoms with van der Waals surface area (Å²) in [5, 5.41) is 17.6. The van der Waals surface area contributed by atoms with Crippen LogP contribution in [-0.4, -0.2) is 30.0 Å². The van der Waals surface area contributed by atoms with Crippen LogP contribution in [0.3, 0.4) is 0 Å². The maximum absolute atomic E-state index is 12.4. The maximum atomic E-state index is 12.4. The van der Waals surface area contributed by atoms with Gasteiger partial charge in [-0.15, -0.1) is 10.2 Å². The topological polar surface area (TPSA) is 95.6 Å². The zero-order chi connectivity index (χ0) is 19.7. The molecule has 10 heteroatoms. The molecule has 0 unspecified atom stereocenters. The second-order valence-electron chi connectivity index (χ2n) is 5.95. The van der Waals surface area contributed by atoms with Crippen LogP contribution in [0.25, 0.3) is 21.8 Å². The van der Waals surface area contributed by atoms with Gasteiger partial charge in [-0.25, -0.2) is 9.36 Å². The number of nitrogens with zero attached hydrogens (tertiary/aromatic N) is 6. The van der Waals surface area contributed by atoms with Crippen molar-refractivity contribution in [2.45, 2.75) is 13.1 Å². The molecule has 0 saturated carbocycles. The summed E-state index contributed by atoms with van der Waals surface area (Å²) in [6, 6.07) is 9.67. The Balaban J connectivity index is 1.53. The first kappa shape index (κ1) is 18.3. The molecule has 0 spiro atoms. The second-order valence-corrected chi connectivity index (χ2v) is 6.82. The Bertz CT molecular complexity index is 1240. The first-order chi connectivity index (χ1) is 13.5. The molecule has 0 atom stereocenters. The van der Waals surface area contributed by atoms with Crippen LogP contribution in [0.2, 0.25) is 10.0 Å². The van der Waals surface area contributed by atoms with Gasteiger partial charge in [-0.3, -0.25) is 9.59 Å². The van der Waals surface area contributed by atoms with E-state index in [1.54, 1.807) is 48.6 Å². The van der Waals surface area contributed by atoms with E-state index in [0.29, 0.717) is 31.9 Å². The fourth-order valence-electron chi connectivity index (χ4n) is 2.69. The third-order valence-corrected chi connectivity index (χ3v) is 4.56. The molecule has 2 heterocycles. The van der Waals surface area contributed by atoms with Gasteiger partial charge in [0.1, 0.15) is 11.0 Å². The van der Waals surface area contributed by atoms with Crippen molar-refractivity contribution in [1.29, 1.82) is 0 Å². The fourth-order valence-corrected chi connectivity index (χ4v) is 3.02. The van der Waals surface area contributed by atoms with Crippen LogP contribution in [0.1, 0.15) is 0 Å². The van der Waals surface area contributed by atoms with E-state index in [-0.39, 0.29) is 24.2 Å². The molecule has 0 saturated heterocycles. The van der Waals surface area contributed by atoms with E-state index in [2.05, 4.69) is 20.6 Å². The minimum atomic E-state index is -0.272. The van der Waals surface area contributed by atoms with Gasteiger partial charge in [0.15, 0.2) is 0 Å². The number of aromatic nitrogens is 6. The van der Waals surface area contributed by atoms with Crippen LogP contribution in [0.4, 0.5) is 0 Å². The number of benzene rings is 2. The van der Waals surface area contributed by atoms with Crippen molar-refractivity contribution in [3.63, 3.8) is 0 Å². The summed E-state index contributed by atoms with van der Waals surface area (Å²) in [6.07, 6.45) is 3.41. The lowest BCUT2D eigenvalue weighted by Crippen LogP contribution is -2.24. The summed E-state index contributed by atoms with van der Waals surface area (Å²) in [5.41, 5.74) is 0.336. The van der Waals surface area contributed by atoms with Crippen molar-refractivity contribution >= 4 is 45.0 Å². The van der Waals surface area contributed by atoms with Crippen molar-refractivity contribution in [3.05, 3.63) is 79.3 Å². The molecule has 0 amide bonds. The second kappa shape index (κ2) is 7.49. The van der Waals surface area contributed by atoms with Crippen LogP contribution >= 0.6 is 23.2 Å². The standard InChI is InChI=1S/C18H12Cl2N6O2/c19-11-3-5-13-15(9-11)21-23-25(17(13)27)7-1-2-8-26-18(28)14-6-4-12(20)10-16(14)22-24-26/h1-6,9-10H,7-8H2/b2-1+. The molecule has 0 radical (unpaired) electrons. The Morgan fingerprint density at radius 3 is 1.61 bits per heavy atom. The molecule has 0 fully saturated rings. The summed E-state index contributed by atoms with van der Waals surface area (Å²) in [6.45, 7) is 0.408. The van der Waals surface area contributed by atoms with Crippen molar-refractivity contribution in [1.82, 2.24) is 30.0 Å². The first-order valence-corrected chi connectivity index (χ1v) is 8.99. The van der Waals surface area contributed by atoms with Gasteiger partial charge in [0, 0.05) is 10.0 Å². The average Bonchev–Trinajstić information content (AvgIpc) is 2.68. The molecule has 4 aromatic rings. The fraction of sp³-hybridized carbons (Fsp3) is 0.111. The maximum Gasteiger partial charge on any atom is 0.277 e. The number of hydrogen-bond acceptors (Lipinski definition) is 6. The van der Waals surface area contributed by atoms with E-state index in [0.717, 1.165) is 0 Å². The largest absolute Gasteiger partial charge is 0.277 e. The predicted molar refractivity (Wildman–Crippen MR) is 107 cm³/mol. The lowest BCUT2D eigenvalue weighted by molar-refractivity contribution is 0.595. The molecule has 0 aliphatic rings. The number of hydrogen-bond donors (Lipinski definition) is 0. The molecule has 2 aromatic carbocycles. The number of allylic oxidation sites excluding steroid dienone is 2. The highest BCUT2D eigenvalue weighted by Gasteiger charge is 2.06.